The number of hydrogen-bond acceptors (Lipinski definition) is 3. The molecule has 1 amide bonds. The molecule has 0 saturated heterocycles. The van der Waals surface area contributed by atoms with Gasteiger partial charge in [0.15, 0.2) is 5.82 Å². The highest BCUT2D eigenvalue weighted by atomic mass is 19.1. The summed E-state index contributed by atoms with van der Waals surface area (Å²) in [5.74, 6) is -3.16. The van der Waals surface area contributed by atoms with Gasteiger partial charge in [0.25, 0.3) is 5.91 Å². The monoisotopic (exact) mass is 280 g/mol. The Kier molecular flexibility index (Phi) is 3.88. The van der Waals surface area contributed by atoms with Gasteiger partial charge in [-0.1, -0.05) is 0 Å². The molecule has 1 aromatic carbocycles. The molecule has 0 unspecified atom stereocenters. The number of benzene rings is 1. The van der Waals surface area contributed by atoms with Crippen molar-refractivity contribution in [1.29, 1.82) is 0 Å². The summed E-state index contributed by atoms with van der Waals surface area (Å²) in [6, 6.07) is 3.08. The molecule has 1 heterocycles. The third kappa shape index (κ3) is 3.05. The molecule has 0 aliphatic carbocycles. The minimum Gasteiger partial charge on any atom is -0.481 e. The first-order valence-electron chi connectivity index (χ1n) is 5.72. The molecule has 7 heteroatoms. The molecule has 20 heavy (non-hydrogen) atoms. The number of hydrogen-bond donors (Lipinski definition) is 2. The molecule has 0 fully saturated rings. The Morgan fingerprint density at radius 3 is 2.70 bits per heavy atom. The molecule has 0 aliphatic heterocycles. The first-order chi connectivity index (χ1) is 9.47. The zero-order valence-electron chi connectivity index (χ0n) is 10.2. The lowest BCUT2D eigenvalue weighted by Gasteiger charge is -2.05. The highest BCUT2D eigenvalue weighted by Crippen LogP contribution is 2.18. The van der Waals surface area contributed by atoms with E-state index in [1.165, 1.54) is 6.07 Å². The lowest BCUT2D eigenvalue weighted by Crippen LogP contribution is -2.26. The minimum absolute atomic E-state index is 0.0338. The maximum absolute atomic E-state index is 13.4. The number of fused-ring (bicyclic) bond motifs is 1. The van der Waals surface area contributed by atoms with Crippen LogP contribution in [0.3, 0.4) is 0 Å². The molecule has 2 rings (SSSR count). The Labute approximate surface area is 112 Å². The maximum atomic E-state index is 13.4. The number of carboxylic acid groups (broad SMARTS) is 1. The van der Waals surface area contributed by atoms with E-state index in [9.17, 15) is 18.4 Å². The van der Waals surface area contributed by atoms with Gasteiger partial charge in [0.2, 0.25) is 0 Å². The third-order valence-electron chi connectivity index (χ3n) is 2.59. The average molecular weight is 280 g/mol. The van der Waals surface area contributed by atoms with E-state index in [2.05, 4.69) is 10.3 Å². The number of carbonyl (C=O) groups excluding carboxylic acids is 1. The van der Waals surface area contributed by atoms with Crippen molar-refractivity contribution < 1.29 is 23.5 Å². The molecular formula is C13H10F2N2O3. The summed E-state index contributed by atoms with van der Waals surface area (Å²) in [6.07, 6.45) is 0.940. The van der Waals surface area contributed by atoms with Gasteiger partial charge in [0.1, 0.15) is 11.3 Å². The molecule has 0 saturated carbocycles. The minimum atomic E-state index is -1.04. The Bertz CT molecular complexity index is 689. The van der Waals surface area contributed by atoms with Crippen LogP contribution in [0.15, 0.2) is 24.4 Å². The molecule has 104 valence electrons. The number of nitrogens with one attached hydrogen (secondary N) is 1. The van der Waals surface area contributed by atoms with E-state index in [-0.39, 0.29) is 29.4 Å². The Morgan fingerprint density at radius 1 is 1.25 bits per heavy atom. The standard InChI is InChI=1S/C13H10F2N2O3/c14-9-4-7-3-8(6-17-12(7)10(15)5-9)13(20)16-2-1-11(18)19/h3-6H,1-2H2,(H,16,20)(H,18,19). The van der Waals surface area contributed by atoms with Crippen LogP contribution < -0.4 is 5.32 Å². The predicted octanol–water partition coefficient (Wildman–Crippen LogP) is 1.72. The van der Waals surface area contributed by atoms with Crippen LogP contribution in [0.1, 0.15) is 16.8 Å². The number of aromatic nitrogens is 1. The summed E-state index contributed by atoms with van der Waals surface area (Å²) in [5.41, 5.74) is 0.0707. The number of carboxylic acids is 1. The van der Waals surface area contributed by atoms with E-state index in [0.717, 1.165) is 12.3 Å². The highest BCUT2D eigenvalue weighted by molar-refractivity contribution is 5.97. The number of nitrogens with zero attached hydrogens (tertiary/aromatic N) is 1. The van der Waals surface area contributed by atoms with Crippen molar-refractivity contribution in [3.8, 4) is 0 Å². The van der Waals surface area contributed by atoms with Crippen LogP contribution in [0.2, 0.25) is 0 Å². The van der Waals surface area contributed by atoms with Gasteiger partial charge in [-0.15, -0.1) is 0 Å². The first-order valence-corrected chi connectivity index (χ1v) is 5.72. The topological polar surface area (TPSA) is 79.3 Å². The summed E-state index contributed by atoms with van der Waals surface area (Å²) in [5, 5.41) is 11.0. The van der Waals surface area contributed by atoms with Crippen molar-refractivity contribution in [3.05, 3.63) is 41.6 Å². The molecule has 0 atom stereocenters. The van der Waals surface area contributed by atoms with Gasteiger partial charge in [0.05, 0.1) is 12.0 Å². The number of rotatable bonds is 4. The number of amides is 1. The van der Waals surface area contributed by atoms with Crippen LogP contribution in [0.25, 0.3) is 10.9 Å². The van der Waals surface area contributed by atoms with Crippen LogP contribution >= 0.6 is 0 Å². The van der Waals surface area contributed by atoms with E-state index in [1.807, 2.05) is 0 Å². The molecule has 0 aliphatic rings. The summed E-state index contributed by atoms with van der Waals surface area (Å²) in [4.78, 5) is 25.8. The van der Waals surface area contributed by atoms with E-state index < -0.39 is 23.5 Å². The normalized spacial score (nSPS) is 10.5. The van der Waals surface area contributed by atoms with Crippen molar-refractivity contribution in [3.63, 3.8) is 0 Å². The van der Waals surface area contributed by atoms with Crippen molar-refractivity contribution in [2.45, 2.75) is 6.42 Å². The Balaban J connectivity index is 2.23. The number of carbonyl (C=O) groups is 2. The van der Waals surface area contributed by atoms with E-state index in [1.54, 1.807) is 0 Å². The third-order valence-corrected chi connectivity index (χ3v) is 2.59. The summed E-state index contributed by atoms with van der Waals surface area (Å²) < 4.78 is 26.5. The summed E-state index contributed by atoms with van der Waals surface area (Å²) in [7, 11) is 0. The molecule has 2 aromatic rings. The molecular weight excluding hydrogens is 270 g/mol. The van der Waals surface area contributed by atoms with Crippen molar-refractivity contribution in [2.75, 3.05) is 6.54 Å². The predicted molar refractivity (Wildman–Crippen MR) is 66.2 cm³/mol. The summed E-state index contributed by atoms with van der Waals surface area (Å²) in [6.45, 7) is -0.0380. The number of pyridine rings is 1. The smallest absolute Gasteiger partial charge is 0.305 e. The molecule has 0 radical (unpaired) electrons. The van der Waals surface area contributed by atoms with E-state index in [0.29, 0.717) is 6.07 Å². The quantitative estimate of drug-likeness (QED) is 0.893. The Hall–Kier alpha value is -2.57. The largest absolute Gasteiger partial charge is 0.481 e. The van der Waals surface area contributed by atoms with Gasteiger partial charge < -0.3 is 10.4 Å². The average Bonchev–Trinajstić information content (AvgIpc) is 2.37. The molecule has 5 nitrogen and oxygen atoms in total. The molecule has 0 bridgehead atoms. The lowest BCUT2D eigenvalue weighted by atomic mass is 10.1. The second kappa shape index (κ2) is 5.60. The Morgan fingerprint density at radius 2 is 2.00 bits per heavy atom. The van der Waals surface area contributed by atoms with E-state index in [4.69, 9.17) is 5.11 Å². The zero-order valence-corrected chi connectivity index (χ0v) is 10.2. The fraction of sp³-hybridized carbons (Fsp3) is 0.154. The SMILES string of the molecule is O=C(O)CCNC(=O)c1cnc2c(F)cc(F)cc2c1. The van der Waals surface area contributed by atoms with Gasteiger partial charge in [0, 0.05) is 24.2 Å². The number of halogens is 2. The first kappa shape index (κ1) is 13.9. The van der Waals surface area contributed by atoms with E-state index >= 15 is 0 Å². The van der Waals surface area contributed by atoms with Crippen molar-refractivity contribution in [1.82, 2.24) is 10.3 Å². The second-order valence-corrected chi connectivity index (χ2v) is 4.08. The number of aliphatic carboxylic acids is 1. The van der Waals surface area contributed by atoms with Gasteiger partial charge in [-0.05, 0) is 12.1 Å². The highest BCUT2D eigenvalue weighted by Gasteiger charge is 2.10. The fourth-order valence-electron chi connectivity index (χ4n) is 1.68. The van der Waals surface area contributed by atoms with Crippen LogP contribution in [-0.2, 0) is 4.79 Å². The van der Waals surface area contributed by atoms with Gasteiger partial charge in [-0.25, -0.2) is 8.78 Å². The fourth-order valence-corrected chi connectivity index (χ4v) is 1.68. The second-order valence-electron chi connectivity index (χ2n) is 4.08. The zero-order chi connectivity index (χ0) is 14.7. The van der Waals surface area contributed by atoms with Crippen molar-refractivity contribution in [2.24, 2.45) is 0 Å². The summed E-state index contributed by atoms with van der Waals surface area (Å²) >= 11 is 0. The van der Waals surface area contributed by atoms with Crippen LogP contribution in [0.5, 0.6) is 0 Å². The molecule has 1 aromatic heterocycles. The molecule has 0 spiro atoms. The molecule has 2 N–H and O–H groups in total. The lowest BCUT2D eigenvalue weighted by molar-refractivity contribution is -0.136. The van der Waals surface area contributed by atoms with Crippen LogP contribution in [0.4, 0.5) is 8.78 Å². The maximum Gasteiger partial charge on any atom is 0.305 e. The van der Waals surface area contributed by atoms with Gasteiger partial charge >= 0.3 is 5.97 Å². The van der Waals surface area contributed by atoms with Crippen LogP contribution in [-0.4, -0.2) is 28.5 Å². The van der Waals surface area contributed by atoms with Gasteiger partial charge in [-0.3, -0.25) is 14.6 Å². The van der Waals surface area contributed by atoms with Crippen molar-refractivity contribution >= 4 is 22.8 Å². The van der Waals surface area contributed by atoms with Gasteiger partial charge in [-0.2, -0.15) is 0 Å². The van der Waals surface area contributed by atoms with Crippen LogP contribution in [0, 0.1) is 11.6 Å².